The van der Waals surface area contributed by atoms with Crippen LogP contribution in [0, 0.1) is 0 Å². The van der Waals surface area contributed by atoms with Crippen LogP contribution in [0.15, 0.2) is 71.9 Å². The quantitative estimate of drug-likeness (QED) is 0.213. The van der Waals surface area contributed by atoms with Crippen molar-refractivity contribution in [1.29, 1.82) is 0 Å². The van der Waals surface area contributed by atoms with Crippen LogP contribution in [0.3, 0.4) is 0 Å². The Hall–Kier alpha value is -4.66. The maximum Gasteiger partial charge on any atom is 0.264 e. The zero-order chi connectivity index (χ0) is 31.7. The van der Waals surface area contributed by atoms with Crippen LogP contribution in [0.5, 0.6) is 11.5 Å². The lowest BCUT2D eigenvalue weighted by molar-refractivity contribution is 0.0981. The summed E-state index contributed by atoms with van der Waals surface area (Å²) in [5, 5.41) is 5.97. The van der Waals surface area contributed by atoms with E-state index in [1.54, 1.807) is 32.7 Å². The molecule has 0 bridgehead atoms. The first-order valence-corrected chi connectivity index (χ1v) is 16.1. The molecule has 0 saturated carbocycles. The molecule has 6 rings (SSSR count). The third-order valence-electron chi connectivity index (χ3n) is 7.49. The summed E-state index contributed by atoms with van der Waals surface area (Å²) in [5.41, 5.74) is 2.39. The van der Waals surface area contributed by atoms with Gasteiger partial charge in [-0.25, -0.2) is 23.1 Å². The molecule has 2 aromatic heterocycles. The van der Waals surface area contributed by atoms with Gasteiger partial charge < -0.3 is 29.6 Å². The van der Waals surface area contributed by atoms with Crippen LogP contribution in [0.2, 0.25) is 5.02 Å². The van der Waals surface area contributed by atoms with Gasteiger partial charge in [-0.3, -0.25) is 4.79 Å². The fourth-order valence-corrected chi connectivity index (χ4v) is 6.56. The first-order valence-electron chi connectivity index (χ1n) is 13.8. The number of hydrogen-bond donors (Lipinski definition) is 3. The molecule has 0 atom stereocenters. The molecule has 0 radical (unpaired) electrons. The molecule has 1 amide bonds. The van der Waals surface area contributed by atoms with E-state index in [0.717, 1.165) is 27.8 Å². The summed E-state index contributed by atoms with van der Waals surface area (Å²) in [4.78, 5) is 29.0. The number of rotatable bonds is 7. The van der Waals surface area contributed by atoms with E-state index in [1.165, 1.54) is 36.4 Å². The molecular formula is C30H28ClN7O5S2. The van der Waals surface area contributed by atoms with E-state index in [4.69, 9.17) is 33.3 Å². The molecular weight excluding hydrogens is 638 g/mol. The largest absolute Gasteiger partial charge is 0.493 e. The summed E-state index contributed by atoms with van der Waals surface area (Å²) in [6.07, 6.45) is 1.55. The molecule has 45 heavy (non-hydrogen) atoms. The van der Waals surface area contributed by atoms with Gasteiger partial charge in [-0.15, -0.1) is 0 Å². The predicted octanol–water partition coefficient (Wildman–Crippen LogP) is 4.42. The Morgan fingerprint density at radius 3 is 2.29 bits per heavy atom. The van der Waals surface area contributed by atoms with Gasteiger partial charge in [0.05, 0.1) is 30.0 Å². The van der Waals surface area contributed by atoms with Crippen molar-refractivity contribution >= 4 is 78.3 Å². The van der Waals surface area contributed by atoms with Gasteiger partial charge in [0, 0.05) is 53.9 Å². The number of halogens is 1. The van der Waals surface area contributed by atoms with Gasteiger partial charge in [0.1, 0.15) is 17.8 Å². The van der Waals surface area contributed by atoms with Crippen molar-refractivity contribution in [2.45, 2.75) is 4.90 Å². The number of amides is 1. The maximum absolute atomic E-state index is 12.8. The Labute approximate surface area is 269 Å². The molecule has 3 aromatic carbocycles. The van der Waals surface area contributed by atoms with E-state index < -0.39 is 15.9 Å². The number of nitrogens with one attached hydrogen (secondary N) is 3. The number of benzene rings is 3. The molecule has 15 heteroatoms. The lowest BCUT2D eigenvalue weighted by Gasteiger charge is -2.37. The van der Waals surface area contributed by atoms with Gasteiger partial charge in [-0.05, 0) is 66.8 Å². The molecule has 12 nitrogen and oxygen atoms in total. The smallest absolute Gasteiger partial charge is 0.264 e. The van der Waals surface area contributed by atoms with Crippen LogP contribution in [-0.2, 0) is 10.0 Å². The molecule has 1 fully saturated rings. The van der Waals surface area contributed by atoms with Crippen molar-refractivity contribution in [3.05, 3.63) is 77.6 Å². The third kappa shape index (κ3) is 6.16. The number of carbonyl (C=O) groups is 1. The number of methoxy groups -OCH3 is 2. The predicted molar refractivity (Wildman–Crippen MR) is 177 cm³/mol. The summed E-state index contributed by atoms with van der Waals surface area (Å²) < 4.78 is 38.6. The molecule has 1 saturated heterocycles. The van der Waals surface area contributed by atoms with Gasteiger partial charge in [-0.2, -0.15) is 0 Å². The lowest BCUT2D eigenvalue weighted by Crippen LogP contribution is -2.50. The Balaban J connectivity index is 1.10. The fraction of sp³-hybridized carbons (Fsp3) is 0.200. The van der Waals surface area contributed by atoms with Crippen molar-refractivity contribution in [2.24, 2.45) is 0 Å². The molecule has 1 aliphatic heterocycles. The number of carbonyl (C=O) groups excluding carboxylic acids is 1. The highest BCUT2D eigenvalue weighted by Gasteiger charge is 2.24. The first-order chi connectivity index (χ1) is 21.7. The number of hydrogen-bond acceptors (Lipinski definition) is 9. The lowest BCUT2D eigenvalue weighted by atomic mass is 10.1. The summed E-state index contributed by atoms with van der Waals surface area (Å²) in [5.74, 6) is 1.31. The highest BCUT2D eigenvalue weighted by atomic mass is 35.5. The van der Waals surface area contributed by atoms with Crippen molar-refractivity contribution in [2.75, 3.05) is 50.6 Å². The topological polar surface area (TPSA) is 142 Å². The van der Waals surface area contributed by atoms with E-state index in [2.05, 4.69) is 29.9 Å². The number of aromatic nitrogens is 3. The molecule has 5 aromatic rings. The zero-order valence-corrected chi connectivity index (χ0v) is 26.6. The van der Waals surface area contributed by atoms with Crippen LogP contribution >= 0.6 is 23.8 Å². The van der Waals surface area contributed by atoms with Gasteiger partial charge in [0.15, 0.2) is 16.6 Å². The number of fused-ring (bicyclic) bond motifs is 3. The van der Waals surface area contributed by atoms with Crippen LogP contribution in [0.1, 0.15) is 10.4 Å². The molecule has 232 valence electrons. The minimum absolute atomic E-state index is 0.0561. The second-order valence-electron chi connectivity index (χ2n) is 10.2. The van der Waals surface area contributed by atoms with Crippen LogP contribution in [-0.4, -0.2) is 79.7 Å². The fourth-order valence-electron chi connectivity index (χ4n) is 5.16. The van der Waals surface area contributed by atoms with E-state index in [9.17, 15) is 13.2 Å². The standard InChI is InChI=1S/C30H28ClN7O5S2/c1-42-24-15-22-23(16-25(24)43-2)35-27-26(22)28(33-17-32-27)37-11-13-38(14-12-37)30(44)34-20-7-9-21(10-8-20)45(40,41)36-29(39)18-3-5-19(31)6-4-18/h3-10,15-17H,11-14H2,1-2H3,(H,34,44)(H,36,39)(H,32,33,35). The summed E-state index contributed by atoms with van der Waals surface area (Å²) in [6.45, 7) is 2.61. The SMILES string of the molecule is COc1cc2[nH]c3ncnc(N4CCN(C(=S)Nc5ccc(S(=O)(=O)NC(=O)c6ccc(Cl)cc6)cc5)CC4)c3c2cc1OC. The average Bonchev–Trinajstić information content (AvgIpc) is 3.42. The first kappa shape index (κ1) is 30.4. The number of aromatic amines is 1. The molecule has 0 unspecified atom stereocenters. The number of H-pyrrole nitrogens is 1. The van der Waals surface area contributed by atoms with Crippen LogP contribution < -0.4 is 24.4 Å². The van der Waals surface area contributed by atoms with Gasteiger partial charge >= 0.3 is 0 Å². The van der Waals surface area contributed by atoms with Crippen molar-refractivity contribution in [1.82, 2.24) is 24.6 Å². The number of sulfonamides is 1. The molecule has 0 spiro atoms. The van der Waals surface area contributed by atoms with E-state index >= 15 is 0 Å². The van der Waals surface area contributed by atoms with Crippen molar-refractivity contribution in [3.63, 3.8) is 0 Å². The van der Waals surface area contributed by atoms with E-state index in [-0.39, 0.29) is 10.5 Å². The normalized spacial score (nSPS) is 13.6. The highest BCUT2D eigenvalue weighted by Crippen LogP contribution is 2.38. The number of thiocarbonyl (C=S) groups is 1. The Morgan fingerprint density at radius 1 is 0.956 bits per heavy atom. The third-order valence-corrected chi connectivity index (χ3v) is 9.45. The van der Waals surface area contributed by atoms with E-state index in [0.29, 0.717) is 53.5 Å². The zero-order valence-electron chi connectivity index (χ0n) is 24.2. The summed E-state index contributed by atoms with van der Waals surface area (Å²) >= 11 is 11.5. The molecule has 3 N–H and O–H groups in total. The average molecular weight is 666 g/mol. The maximum atomic E-state index is 12.8. The molecule has 1 aliphatic rings. The van der Waals surface area contributed by atoms with Crippen LogP contribution in [0.25, 0.3) is 21.9 Å². The summed E-state index contributed by atoms with van der Waals surface area (Å²) in [6, 6.07) is 15.8. The Morgan fingerprint density at radius 2 is 1.62 bits per heavy atom. The van der Waals surface area contributed by atoms with Gasteiger partial charge in [0.2, 0.25) is 0 Å². The van der Waals surface area contributed by atoms with Crippen molar-refractivity contribution < 1.29 is 22.7 Å². The monoisotopic (exact) mass is 665 g/mol. The second kappa shape index (κ2) is 12.4. The van der Waals surface area contributed by atoms with Gasteiger partial charge in [-0.1, -0.05) is 11.6 Å². The molecule has 3 heterocycles. The molecule has 0 aliphatic carbocycles. The Kier molecular flexibility index (Phi) is 8.36. The Bertz CT molecular complexity index is 2010. The number of nitrogens with zero attached hydrogens (tertiary/aromatic N) is 4. The van der Waals surface area contributed by atoms with Gasteiger partial charge in [0.25, 0.3) is 15.9 Å². The highest BCUT2D eigenvalue weighted by molar-refractivity contribution is 7.90. The van der Waals surface area contributed by atoms with Crippen LogP contribution in [0.4, 0.5) is 11.5 Å². The minimum Gasteiger partial charge on any atom is -0.493 e. The number of piperazine rings is 1. The van der Waals surface area contributed by atoms with Crippen molar-refractivity contribution in [3.8, 4) is 11.5 Å². The minimum atomic E-state index is -4.08. The number of ether oxygens (including phenoxy) is 2. The van der Waals surface area contributed by atoms with E-state index in [1.807, 2.05) is 17.0 Å². The second-order valence-corrected chi connectivity index (χ2v) is 12.7. The number of anilines is 2. The summed E-state index contributed by atoms with van der Waals surface area (Å²) in [7, 11) is -0.881.